The molecule has 0 bridgehead atoms. The van der Waals surface area contributed by atoms with Crippen molar-refractivity contribution < 1.29 is 14.3 Å². The lowest BCUT2D eigenvalue weighted by atomic mass is 10.5. The van der Waals surface area contributed by atoms with Crippen molar-refractivity contribution in [3.05, 3.63) is 11.9 Å². The Labute approximate surface area is 69.7 Å². The van der Waals surface area contributed by atoms with E-state index in [1.807, 2.05) is 0 Å². The van der Waals surface area contributed by atoms with Gasteiger partial charge in [0.1, 0.15) is 5.82 Å². The van der Waals surface area contributed by atoms with Crippen LogP contribution in [0.3, 0.4) is 0 Å². The van der Waals surface area contributed by atoms with E-state index in [2.05, 4.69) is 15.6 Å². The molecule has 0 fully saturated rings. The van der Waals surface area contributed by atoms with Gasteiger partial charge >= 0.3 is 5.97 Å². The van der Waals surface area contributed by atoms with Gasteiger partial charge in [-0.2, -0.15) is 0 Å². The largest absolute Gasteiger partial charge is 0.463 e. The Hall–Kier alpha value is -1.72. The maximum absolute atomic E-state index is 10.7. The third-order valence-corrected chi connectivity index (χ3v) is 0.835. The van der Waals surface area contributed by atoms with Crippen LogP contribution >= 0.6 is 0 Å². The molecule has 0 unspecified atom stereocenters. The van der Waals surface area contributed by atoms with Crippen LogP contribution in [0.25, 0.3) is 0 Å². The Morgan fingerprint density at radius 2 is 2.33 bits per heavy atom. The Bertz CT molecular complexity index is 190. The average Bonchev–Trinajstić information content (AvgIpc) is 2.01. The van der Waals surface area contributed by atoms with Crippen molar-refractivity contribution in [3.63, 3.8) is 0 Å². The summed E-state index contributed by atoms with van der Waals surface area (Å²) in [5, 5.41) is 0. The molecule has 0 atom stereocenters. The summed E-state index contributed by atoms with van der Waals surface area (Å²) in [6.45, 7) is 1.96. The highest BCUT2D eigenvalue weighted by Gasteiger charge is 1.96. The van der Waals surface area contributed by atoms with Gasteiger partial charge in [0.2, 0.25) is 6.41 Å². The first-order chi connectivity index (χ1) is 5.70. The predicted octanol–water partition coefficient (Wildman–Crippen LogP) is -1.40. The highest BCUT2D eigenvalue weighted by Crippen LogP contribution is 1.81. The maximum Gasteiger partial charge on any atom is 0.334 e. The molecule has 0 radical (unpaired) electrons. The number of carbonyl (C=O) groups is 2. The van der Waals surface area contributed by atoms with Crippen LogP contribution in [-0.2, 0) is 14.3 Å². The van der Waals surface area contributed by atoms with Crippen molar-refractivity contribution in [1.82, 2.24) is 10.9 Å². The molecule has 0 aliphatic carbocycles. The zero-order chi connectivity index (χ0) is 9.40. The lowest BCUT2D eigenvalue weighted by molar-refractivity contribution is -0.137. The van der Waals surface area contributed by atoms with Crippen LogP contribution in [-0.4, -0.2) is 19.0 Å². The van der Waals surface area contributed by atoms with Gasteiger partial charge in [0.05, 0.1) is 12.7 Å². The van der Waals surface area contributed by atoms with Crippen molar-refractivity contribution >= 4 is 12.4 Å². The van der Waals surface area contributed by atoms with E-state index in [0.29, 0.717) is 6.41 Å². The van der Waals surface area contributed by atoms with Crippen LogP contribution in [0.2, 0.25) is 0 Å². The van der Waals surface area contributed by atoms with Crippen LogP contribution in [0.5, 0.6) is 0 Å². The number of amides is 1. The summed E-state index contributed by atoms with van der Waals surface area (Å²) >= 11 is 0. The van der Waals surface area contributed by atoms with Gasteiger partial charge in [-0.15, -0.1) is 0 Å². The Morgan fingerprint density at radius 1 is 1.67 bits per heavy atom. The summed E-state index contributed by atoms with van der Waals surface area (Å²) in [6.07, 6.45) is 1.42. The minimum Gasteiger partial charge on any atom is -0.463 e. The monoisotopic (exact) mass is 173 g/mol. The van der Waals surface area contributed by atoms with Gasteiger partial charge in [-0.05, 0) is 6.92 Å². The molecule has 0 spiro atoms. The third kappa shape index (κ3) is 5.10. The van der Waals surface area contributed by atoms with Gasteiger partial charge in [-0.25, -0.2) is 4.79 Å². The lowest BCUT2D eigenvalue weighted by Gasteiger charge is -2.02. The van der Waals surface area contributed by atoms with Gasteiger partial charge in [0.25, 0.3) is 0 Å². The van der Waals surface area contributed by atoms with E-state index < -0.39 is 5.97 Å². The van der Waals surface area contributed by atoms with E-state index >= 15 is 0 Å². The number of ether oxygens (including phenoxy) is 1. The molecule has 12 heavy (non-hydrogen) atoms. The van der Waals surface area contributed by atoms with Crippen LogP contribution in [0.4, 0.5) is 0 Å². The standard InChI is InChI=1S/C6H11N3O3/c1-2-12-6(11)3-5(7)9-8-4-10/h3-4,9H,2,7H2,1H3,(H,8,10)/b5-3+. The molecule has 6 nitrogen and oxygen atoms in total. The summed E-state index contributed by atoms with van der Waals surface area (Å²) in [6, 6.07) is 0. The van der Waals surface area contributed by atoms with Crippen LogP contribution in [0.15, 0.2) is 11.9 Å². The summed E-state index contributed by atoms with van der Waals surface area (Å²) in [5.74, 6) is -0.546. The first-order valence-corrected chi connectivity index (χ1v) is 3.29. The first kappa shape index (κ1) is 10.3. The molecule has 0 aromatic carbocycles. The first-order valence-electron chi connectivity index (χ1n) is 3.29. The number of esters is 1. The molecule has 0 aromatic rings. The summed E-state index contributed by atoms with van der Waals surface area (Å²) in [4.78, 5) is 20.4. The zero-order valence-corrected chi connectivity index (χ0v) is 6.66. The minimum absolute atomic E-state index is 0.0144. The van der Waals surface area contributed by atoms with Crippen LogP contribution in [0.1, 0.15) is 6.92 Å². The molecule has 1 amide bonds. The van der Waals surface area contributed by atoms with E-state index in [1.165, 1.54) is 0 Å². The number of hydrazine groups is 1. The van der Waals surface area contributed by atoms with Gasteiger partial charge in [-0.3, -0.25) is 15.6 Å². The zero-order valence-electron chi connectivity index (χ0n) is 6.66. The fourth-order valence-corrected chi connectivity index (χ4v) is 0.460. The highest BCUT2D eigenvalue weighted by molar-refractivity contribution is 5.82. The van der Waals surface area contributed by atoms with Crippen LogP contribution < -0.4 is 16.6 Å². The van der Waals surface area contributed by atoms with Gasteiger partial charge in [-0.1, -0.05) is 0 Å². The van der Waals surface area contributed by atoms with E-state index in [-0.39, 0.29) is 12.4 Å². The van der Waals surface area contributed by atoms with Crippen LogP contribution in [0, 0.1) is 0 Å². The smallest absolute Gasteiger partial charge is 0.334 e. The number of hydrogen-bond donors (Lipinski definition) is 3. The molecule has 6 heteroatoms. The Balaban J connectivity index is 3.80. The van der Waals surface area contributed by atoms with Crippen molar-refractivity contribution in [2.24, 2.45) is 5.73 Å². The number of carbonyl (C=O) groups excluding carboxylic acids is 2. The van der Waals surface area contributed by atoms with Crippen molar-refractivity contribution in [1.29, 1.82) is 0 Å². The maximum atomic E-state index is 10.7. The molecule has 0 aliphatic rings. The summed E-state index contributed by atoms with van der Waals surface area (Å²) in [7, 11) is 0. The minimum atomic E-state index is -0.560. The number of nitrogens with one attached hydrogen (secondary N) is 2. The molecular formula is C6H11N3O3. The van der Waals surface area contributed by atoms with Crippen molar-refractivity contribution in [2.75, 3.05) is 6.61 Å². The van der Waals surface area contributed by atoms with Crippen molar-refractivity contribution in [3.8, 4) is 0 Å². The summed E-state index contributed by atoms with van der Waals surface area (Å²) < 4.78 is 4.54. The molecule has 0 saturated carbocycles. The lowest BCUT2D eigenvalue weighted by Crippen LogP contribution is -2.33. The average molecular weight is 173 g/mol. The molecular weight excluding hydrogens is 162 g/mol. The van der Waals surface area contributed by atoms with Gasteiger partial charge in [0, 0.05) is 0 Å². The predicted molar refractivity (Wildman–Crippen MR) is 41.2 cm³/mol. The number of hydrogen-bond acceptors (Lipinski definition) is 5. The molecule has 0 rings (SSSR count). The van der Waals surface area contributed by atoms with E-state index in [0.717, 1.165) is 6.08 Å². The number of rotatable bonds is 5. The molecule has 0 heterocycles. The molecule has 0 aliphatic heterocycles. The third-order valence-electron chi connectivity index (χ3n) is 0.835. The van der Waals surface area contributed by atoms with Crippen molar-refractivity contribution in [2.45, 2.75) is 6.92 Å². The normalized spacial score (nSPS) is 10.2. The highest BCUT2D eigenvalue weighted by atomic mass is 16.5. The molecule has 68 valence electrons. The molecule has 4 N–H and O–H groups in total. The fourth-order valence-electron chi connectivity index (χ4n) is 0.460. The second-order valence-corrected chi connectivity index (χ2v) is 1.74. The second-order valence-electron chi connectivity index (χ2n) is 1.74. The Kier molecular flexibility index (Phi) is 5.16. The molecule has 0 saturated heterocycles. The fraction of sp³-hybridized carbons (Fsp3) is 0.333. The van der Waals surface area contributed by atoms with Gasteiger partial charge in [0.15, 0.2) is 0 Å². The number of nitrogens with two attached hydrogens (primary N) is 1. The Morgan fingerprint density at radius 3 is 2.83 bits per heavy atom. The second kappa shape index (κ2) is 6.02. The molecule has 0 aromatic heterocycles. The van der Waals surface area contributed by atoms with Gasteiger partial charge < -0.3 is 10.5 Å². The topological polar surface area (TPSA) is 93.4 Å². The van der Waals surface area contributed by atoms with E-state index in [9.17, 15) is 9.59 Å². The van der Waals surface area contributed by atoms with E-state index in [1.54, 1.807) is 6.92 Å². The summed E-state index contributed by atoms with van der Waals surface area (Å²) in [5.41, 5.74) is 9.52. The quantitative estimate of drug-likeness (QED) is 0.206. The van der Waals surface area contributed by atoms with E-state index in [4.69, 9.17) is 5.73 Å². The SMILES string of the molecule is CCOC(=O)/C=C(\N)NNC=O.